The molecule has 2 atom stereocenters. The summed E-state index contributed by atoms with van der Waals surface area (Å²) >= 11 is 6.05. The Bertz CT molecular complexity index is 1250. The summed E-state index contributed by atoms with van der Waals surface area (Å²) in [5, 5.41) is 9.87. The Kier molecular flexibility index (Phi) is 6.52. The average molecular weight is 483 g/mol. The maximum Gasteiger partial charge on any atom is 0.408 e. The van der Waals surface area contributed by atoms with E-state index in [4.69, 9.17) is 16.3 Å². The number of benzene rings is 2. The summed E-state index contributed by atoms with van der Waals surface area (Å²) in [4.78, 5) is 40.6. The Morgan fingerprint density at radius 2 is 1.85 bits per heavy atom. The lowest BCUT2D eigenvalue weighted by Crippen LogP contribution is -2.47. The second-order valence-corrected chi connectivity index (χ2v) is 9.73. The summed E-state index contributed by atoms with van der Waals surface area (Å²) in [7, 11) is 0. The summed E-state index contributed by atoms with van der Waals surface area (Å²) in [5.74, 6) is -0.664. The molecule has 2 aromatic carbocycles. The number of carbonyl (C=O) groups excluding carboxylic acids is 3. The summed E-state index contributed by atoms with van der Waals surface area (Å²) in [6, 6.07) is 14.0. The molecule has 3 aromatic rings. The molecule has 4 rings (SSSR count). The van der Waals surface area contributed by atoms with Crippen molar-refractivity contribution in [3.05, 3.63) is 70.4 Å². The Hall–Kier alpha value is -3.52. The normalized spacial score (nSPS) is 17.2. The zero-order valence-electron chi connectivity index (χ0n) is 19.2. The molecule has 8 nitrogen and oxygen atoms in total. The van der Waals surface area contributed by atoms with E-state index in [9.17, 15) is 14.4 Å². The number of halogens is 1. The van der Waals surface area contributed by atoms with Crippen LogP contribution in [0.25, 0.3) is 10.9 Å². The Labute approximate surface area is 202 Å². The quantitative estimate of drug-likeness (QED) is 0.442. The van der Waals surface area contributed by atoms with Crippen LogP contribution in [-0.2, 0) is 16.0 Å². The molecule has 0 fully saturated rings. The molecule has 0 saturated carbocycles. The first-order valence-electron chi connectivity index (χ1n) is 11.0. The summed E-state index contributed by atoms with van der Waals surface area (Å²) in [5.41, 5.74) is 2.53. The van der Waals surface area contributed by atoms with Gasteiger partial charge in [0.2, 0.25) is 5.91 Å². The zero-order chi connectivity index (χ0) is 24.5. The van der Waals surface area contributed by atoms with E-state index < -0.39 is 17.7 Å². The van der Waals surface area contributed by atoms with Crippen LogP contribution in [0.15, 0.2) is 48.5 Å². The van der Waals surface area contributed by atoms with Crippen molar-refractivity contribution in [2.75, 3.05) is 6.54 Å². The molecule has 0 saturated heterocycles. The van der Waals surface area contributed by atoms with Crippen molar-refractivity contribution in [3.8, 4) is 0 Å². The number of alkyl carbamates (subject to hydrolysis) is 1. The van der Waals surface area contributed by atoms with E-state index in [1.54, 1.807) is 39.0 Å². The molecular weight excluding hydrogens is 456 g/mol. The highest BCUT2D eigenvalue weighted by molar-refractivity contribution is 6.31. The Morgan fingerprint density at radius 3 is 2.62 bits per heavy atom. The lowest BCUT2D eigenvalue weighted by molar-refractivity contribution is -0.121. The number of H-pyrrole nitrogens is 1. The van der Waals surface area contributed by atoms with Crippen molar-refractivity contribution in [1.82, 2.24) is 20.9 Å². The number of ether oxygens (including phenoxy) is 1. The van der Waals surface area contributed by atoms with Gasteiger partial charge in [-0.3, -0.25) is 9.59 Å². The van der Waals surface area contributed by atoms with Crippen molar-refractivity contribution >= 4 is 40.4 Å². The van der Waals surface area contributed by atoms with Crippen LogP contribution in [0.3, 0.4) is 0 Å². The van der Waals surface area contributed by atoms with Crippen LogP contribution in [0.4, 0.5) is 4.79 Å². The number of fused-ring (bicyclic) bond motifs is 2. The maximum absolute atomic E-state index is 13.0. The first kappa shape index (κ1) is 23.6. The van der Waals surface area contributed by atoms with E-state index in [0.717, 1.165) is 22.0 Å². The molecule has 178 valence electrons. The first-order chi connectivity index (χ1) is 16.1. The molecule has 4 N–H and O–H groups in total. The fourth-order valence-corrected chi connectivity index (χ4v) is 4.25. The van der Waals surface area contributed by atoms with Crippen molar-refractivity contribution in [3.63, 3.8) is 0 Å². The fraction of sp³-hybridized carbons (Fsp3) is 0.320. The van der Waals surface area contributed by atoms with Crippen LogP contribution in [0, 0.1) is 0 Å². The van der Waals surface area contributed by atoms with Gasteiger partial charge in [-0.25, -0.2) is 4.79 Å². The Morgan fingerprint density at radius 1 is 1.09 bits per heavy atom. The largest absolute Gasteiger partial charge is 0.444 e. The van der Waals surface area contributed by atoms with Crippen LogP contribution in [0.1, 0.15) is 48.4 Å². The molecule has 3 amide bonds. The number of nitrogens with one attached hydrogen (secondary N) is 4. The molecule has 1 aromatic heterocycles. The zero-order valence-corrected chi connectivity index (χ0v) is 20.0. The van der Waals surface area contributed by atoms with Gasteiger partial charge in [0, 0.05) is 15.9 Å². The summed E-state index contributed by atoms with van der Waals surface area (Å²) in [6.45, 7) is 5.00. The van der Waals surface area contributed by atoms with Crippen molar-refractivity contribution in [2.45, 2.75) is 44.9 Å². The molecule has 0 aliphatic heterocycles. The lowest BCUT2D eigenvalue weighted by Gasteiger charge is -2.23. The number of aromatic amines is 1. The molecule has 9 heteroatoms. The van der Waals surface area contributed by atoms with Gasteiger partial charge in [-0.15, -0.1) is 0 Å². The first-order valence-corrected chi connectivity index (χ1v) is 11.4. The predicted molar refractivity (Wildman–Crippen MR) is 130 cm³/mol. The van der Waals surface area contributed by atoms with E-state index in [0.29, 0.717) is 17.1 Å². The molecular formula is C25H27ClN4O4. The number of rotatable bonds is 5. The third-order valence-electron chi connectivity index (χ3n) is 5.48. The molecule has 0 unspecified atom stereocenters. The van der Waals surface area contributed by atoms with Gasteiger partial charge in [-0.2, -0.15) is 0 Å². The maximum atomic E-state index is 13.0. The van der Waals surface area contributed by atoms with Crippen molar-refractivity contribution in [2.24, 2.45) is 0 Å². The van der Waals surface area contributed by atoms with Crippen LogP contribution >= 0.6 is 11.6 Å². The number of aromatic nitrogens is 1. The highest BCUT2D eigenvalue weighted by Gasteiger charge is 2.35. The molecule has 1 aliphatic carbocycles. The SMILES string of the molecule is CC(C)(C)OC(=O)NCC(=O)N[C@@H]1c2ccccc2C[C@H]1NC(=O)c1cc2cc(Cl)ccc2[nH]1. The van der Waals surface area contributed by atoms with Gasteiger partial charge in [0.1, 0.15) is 17.8 Å². The number of carbonyl (C=O) groups is 3. The summed E-state index contributed by atoms with van der Waals surface area (Å²) < 4.78 is 5.17. The predicted octanol–water partition coefficient (Wildman–Crippen LogP) is 3.86. The lowest BCUT2D eigenvalue weighted by atomic mass is 10.1. The second kappa shape index (κ2) is 9.38. The van der Waals surface area contributed by atoms with Gasteiger partial charge in [-0.05, 0) is 62.6 Å². The number of hydrogen-bond donors (Lipinski definition) is 4. The smallest absolute Gasteiger partial charge is 0.408 e. The second-order valence-electron chi connectivity index (χ2n) is 9.30. The van der Waals surface area contributed by atoms with Crippen LogP contribution in [-0.4, -0.2) is 41.1 Å². The average Bonchev–Trinajstić information content (AvgIpc) is 3.32. The van der Waals surface area contributed by atoms with Gasteiger partial charge in [-0.1, -0.05) is 35.9 Å². The van der Waals surface area contributed by atoms with Gasteiger partial charge in [0.15, 0.2) is 0 Å². The minimum Gasteiger partial charge on any atom is -0.444 e. The van der Waals surface area contributed by atoms with Crippen LogP contribution < -0.4 is 16.0 Å². The van der Waals surface area contributed by atoms with E-state index in [1.165, 1.54) is 0 Å². The van der Waals surface area contributed by atoms with E-state index in [1.807, 2.05) is 30.3 Å². The summed E-state index contributed by atoms with van der Waals surface area (Å²) in [6.07, 6.45) is -0.100. The van der Waals surface area contributed by atoms with Gasteiger partial charge in [0.25, 0.3) is 5.91 Å². The monoisotopic (exact) mass is 482 g/mol. The molecule has 1 heterocycles. The molecule has 1 aliphatic rings. The standard InChI is InChI=1S/C25H27ClN4O4/c1-25(2,3)34-24(33)27-13-21(31)30-22-17-7-5-4-6-14(17)11-19(22)29-23(32)20-12-15-10-16(26)8-9-18(15)28-20/h4-10,12,19,22,28H,11,13H2,1-3H3,(H,27,33)(H,29,32)(H,30,31)/t19-,22-/m1/s1. The topological polar surface area (TPSA) is 112 Å². The van der Waals surface area contributed by atoms with Crippen LogP contribution in [0.2, 0.25) is 5.02 Å². The minimum absolute atomic E-state index is 0.239. The van der Waals surface area contributed by atoms with E-state index in [-0.39, 0.29) is 24.4 Å². The third-order valence-corrected chi connectivity index (χ3v) is 5.72. The third kappa shape index (κ3) is 5.51. The van der Waals surface area contributed by atoms with Crippen molar-refractivity contribution in [1.29, 1.82) is 0 Å². The van der Waals surface area contributed by atoms with E-state index in [2.05, 4.69) is 20.9 Å². The number of amides is 3. The van der Waals surface area contributed by atoms with Gasteiger partial charge >= 0.3 is 6.09 Å². The van der Waals surface area contributed by atoms with Crippen LogP contribution in [0.5, 0.6) is 0 Å². The van der Waals surface area contributed by atoms with Gasteiger partial charge in [0.05, 0.1) is 12.1 Å². The highest BCUT2D eigenvalue weighted by atomic mass is 35.5. The van der Waals surface area contributed by atoms with Gasteiger partial charge < -0.3 is 25.7 Å². The fourth-order valence-electron chi connectivity index (χ4n) is 4.07. The van der Waals surface area contributed by atoms with E-state index >= 15 is 0 Å². The Balaban J connectivity index is 1.45. The minimum atomic E-state index is -0.668. The molecule has 0 spiro atoms. The number of hydrogen-bond acceptors (Lipinski definition) is 4. The highest BCUT2D eigenvalue weighted by Crippen LogP contribution is 2.31. The molecule has 0 radical (unpaired) electrons. The van der Waals surface area contributed by atoms with Crippen molar-refractivity contribution < 1.29 is 19.1 Å². The molecule has 34 heavy (non-hydrogen) atoms. The molecule has 0 bridgehead atoms.